The molecular weight excluding hydrogens is 444 g/mol. The standard InChI is InChI=1S/C27H20N4O4/c1-34-20-10-11-21(23(32)15-20)26-30-24(16-5-7-17(8-6-16)27(33)35-2)29-25(31-26)19-9-12-22-18(14-19)4-3-13-28-22/h3-15,32H,1-2H3. The molecule has 2 heterocycles. The van der Waals surface area contributed by atoms with Crippen LogP contribution in [-0.4, -0.2) is 45.2 Å². The fourth-order valence-electron chi connectivity index (χ4n) is 3.67. The zero-order valence-electron chi connectivity index (χ0n) is 19.0. The summed E-state index contributed by atoms with van der Waals surface area (Å²) in [6.45, 7) is 0. The number of methoxy groups -OCH3 is 2. The Morgan fingerprint density at radius 3 is 2.23 bits per heavy atom. The number of rotatable bonds is 5. The minimum Gasteiger partial charge on any atom is -0.507 e. The van der Waals surface area contributed by atoms with Gasteiger partial charge in [0.2, 0.25) is 0 Å². The average Bonchev–Trinajstić information content (AvgIpc) is 2.92. The zero-order chi connectivity index (χ0) is 24.4. The molecule has 0 aliphatic carbocycles. The average molecular weight is 464 g/mol. The molecule has 3 aromatic carbocycles. The van der Waals surface area contributed by atoms with Gasteiger partial charge in [-0.3, -0.25) is 4.98 Å². The molecule has 8 nitrogen and oxygen atoms in total. The van der Waals surface area contributed by atoms with Crippen LogP contribution in [0.15, 0.2) is 79.0 Å². The fraction of sp³-hybridized carbons (Fsp3) is 0.0741. The van der Waals surface area contributed by atoms with E-state index >= 15 is 0 Å². The Kier molecular flexibility index (Phi) is 5.76. The summed E-state index contributed by atoms with van der Waals surface area (Å²) in [4.78, 5) is 30.2. The molecular formula is C27H20N4O4. The van der Waals surface area contributed by atoms with Crippen molar-refractivity contribution in [1.29, 1.82) is 0 Å². The van der Waals surface area contributed by atoms with E-state index in [1.807, 2.05) is 30.3 Å². The van der Waals surface area contributed by atoms with Gasteiger partial charge in [-0.1, -0.05) is 18.2 Å². The predicted molar refractivity (Wildman–Crippen MR) is 131 cm³/mol. The van der Waals surface area contributed by atoms with E-state index in [0.29, 0.717) is 39.9 Å². The van der Waals surface area contributed by atoms with E-state index in [9.17, 15) is 9.90 Å². The lowest BCUT2D eigenvalue weighted by Gasteiger charge is -2.11. The van der Waals surface area contributed by atoms with Gasteiger partial charge in [-0.25, -0.2) is 19.7 Å². The molecule has 0 aliphatic heterocycles. The summed E-state index contributed by atoms with van der Waals surface area (Å²) < 4.78 is 9.98. The van der Waals surface area contributed by atoms with Gasteiger partial charge >= 0.3 is 5.97 Å². The summed E-state index contributed by atoms with van der Waals surface area (Å²) in [6.07, 6.45) is 1.74. The lowest BCUT2D eigenvalue weighted by Crippen LogP contribution is -2.02. The predicted octanol–water partition coefficient (Wildman–Crippen LogP) is 4.92. The van der Waals surface area contributed by atoms with Gasteiger partial charge in [0.15, 0.2) is 17.5 Å². The van der Waals surface area contributed by atoms with Crippen LogP contribution in [0.3, 0.4) is 0 Å². The van der Waals surface area contributed by atoms with Crippen molar-refractivity contribution in [1.82, 2.24) is 19.9 Å². The first-order valence-corrected chi connectivity index (χ1v) is 10.7. The summed E-state index contributed by atoms with van der Waals surface area (Å²) in [7, 11) is 2.86. The Morgan fingerprint density at radius 1 is 0.800 bits per heavy atom. The summed E-state index contributed by atoms with van der Waals surface area (Å²) >= 11 is 0. The molecule has 0 saturated heterocycles. The number of phenols is 1. The van der Waals surface area contributed by atoms with Crippen LogP contribution in [0, 0.1) is 0 Å². The number of aromatic hydroxyl groups is 1. The molecule has 2 aromatic heterocycles. The van der Waals surface area contributed by atoms with E-state index in [1.54, 1.807) is 42.6 Å². The summed E-state index contributed by atoms with van der Waals surface area (Å²) in [5, 5.41) is 11.6. The maximum Gasteiger partial charge on any atom is 0.337 e. The molecule has 0 aliphatic rings. The summed E-state index contributed by atoms with van der Waals surface area (Å²) in [5.74, 6) is 1.19. The van der Waals surface area contributed by atoms with Gasteiger partial charge < -0.3 is 14.6 Å². The SMILES string of the molecule is COC(=O)c1ccc(-c2nc(-c3ccc4ncccc4c3)nc(-c3ccc(OC)cc3O)n2)cc1. The van der Waals surface area contributed by atoms with Crippen LogP contribution < -0.4 is 4.74 Å². The van der Waals surface area contributed by atoms with E-state index < -0.39 is 5.97 Å². The second kappa shape index (κ2) is 9.18. The topological polar surface area (TPSA) is 107 Å². The van der Waals surface area contributed by atoms with Gasteiger partial charge in [0.1, 0.15) is 11.5 Å². The number of aromatic nitrogens is 4. The van der Waals surface area contributed by atoms with Gasteiger partial charge in [0.05, 0.1) is 30.9 Å². The Balaban J connectivity index is 1.67. The van der Waals surface area contributed by atoms with E-state index in [0.717, 1.165) is 16.5 Å². The molecule has 172 valence electrons. The Labute approximate surface area is 200 Å². The number of phenolic OH excluding ortho intramolecular Hbond substituents is 1. The summed E-state index contributed by atoms with van der Waals surface area (Å²) in [5.41, 5.74) is 3.16. The molecule has 5 aromatic rings. The van der Waals surface area contributed by atoms with Crippen molar-refractivity contribution in [3.05, 3.63) is 84.6 Å². The maximum absolute atomic E-state index is 11.8. The van der Waals surface area contributed by atoms with Gasteiger partial charge in [-0.2, -0.15) is 0 Å². The third-order valence-electron chi connectivity index (χ3n) is 5.51. The maximum atomic E-state index is 11.8. The van der Waals surface area contributed by atoms with Crippen molar-refractivity contribution in [2.45, 2.75) is 0 Å². The summed E-state index contributed by atoms with van der Waals surface area (Å²) in [6, 6.07) is 21.3. The lowest BCUT2D eigenvalue weighted by molar-refractivity contribution is 0.0600. The minimum atomic E-state index is -0.429. The van der Waals surface area contributed by atoms with Gasteiger partial charge in [-0.05, 0) is 48.5 Å². The van der Waals surface area contributed by atoms with E-state index in [4.69, 9.17) is 14.5 Å². The molecule has 0 fully saturated rings. The second-order valence-corrected chi connectivity index (χ2v) is 7.67. The van der Waals surface area contributed by atoms with Gasteiger partial charge in [0.25, 0.3) is 0 Å². The molecule has 5 rings (SSSR count). The van der Waals surface area contributed by atoms with Crippen LogP contribution in [0.5, 0.6) is 11.5 Å². The number of ether oxygens (including phenoxy) is 2. The van der Waals surface area contributed by atoms with Gasteiger partial charge in [0, 0.05) is 28.8 Å². The van der Waals surface area contributed by atoms with E-state index in [2.05, 4.69) is 15.0 Å². The first-order chi connectivity index (χ1) is 17.1. The molecule has 1 N–H and O–H groups in total. The number of esters is 1. The van der Waals surface area contributed by atoms with Crippen molar-refractivity contribution in [3.63, 3.8) is 0 Å². The Hall–Kier alpha value is -4.85. The minimum absolute atomic E-state index is 0.0174. The first kappa shape index (κ1) is 22.0. The fourth-order valence-corrected chi connectivity index (χ4v) is 3.67. The number of fused-ring (bicyclic) bond motifs is 1. The van der Waals surface area contributed by atoms with Crippen molar-refractivity contribution in [3.8, 4) is 45.7 Å². The van der Waals surface area contributed by atoms with E-state index in [1.165, 1.54) is 20.3 Å². The molecule has 0 bridgehead atoms. The zero-order valence-corrected chi connectivity index (χ0v) is 19.0. The van der Waals surface area contributed by atoms with Crippen molar-refractivity contribution >= 4 is 16.9 Å². The highest BCUT2D eigenvalue weighted by atomic mass is 16.5. The monoisotopic (exact) mass is 464 g/mol. The highest BCUT2D eigenvalue weighted by Crippen LogP contribution is 2.33. The molecule has 0 unspecified atom stereocenters. The number of carbonyl (C=O) groups is 1. The third kappa shape index (κ3) is 4.37. The van der Waals surface area contributed by atoms with Crippen LogP contribution in [-0.2, 0) is 4.74 Å². The molecule has 8 heteroatoms. The largest absolute Gasteiger partial charge is 0.507 e. The number of benzene rings is 3. The molecule has 0 spiro atoms. The third-order valence-corrected chi connectivity index (χ3v) is 5.51. The van der Waals surface area contributed by atoms with Gasteiger partial charge in [-0.15, -0.1) is 0 Å². The number of nitrogens with zero attached hydrogens (tertiary/aromatic N) is 4. The van der Waals surface area contributed by atoms with Crippen molar-refractivity contribution in [2.24, 2.45) is 0 Å². The van der Waals surface area contributed by atoms with Crippen LogP contribution in [0.25, 0.3) is 45.1 Å². The molecule has 0 atom stereocenters. The highest BCUT2D eigenvalue weighted by molar-refractivity contribution is 5.90. The highest BCUT2D eigenvalue weighted by Gasteiger charge is 2.16. The van der Waals surface area contributed by atoms with Crippen LogP contribution in [0.2, 0.25) is 0 Å². The smallest absolute Gasteiger partial charge is 0.337 e. The Morgan fingerprint density at radius 2 is 1.51 bits per heavy atom. The van der Waals surface area contributed by atoms with Crippen molar-refractivity contribution < 1.29 is 19.4 Å². The van der Waals surface area contributed by atoms with E-state index in [-0.39, 0.29) is 5.75 Å². The number of pyridine rings is 1. The number of hydrogen-bond acceptors (Lipinski definition) is 8. The normalized spacial score (nSPS) is 10.8. The van der Waals surface area contributed by atoms with Crippen LogP contribution in [0.1, 0.15) is 10.4 Å². The van der Waals surface area contributed by atoms with Crippen LogP contribution >= 0.6 is 0 Å². The van der Waals surface area contributed by atoms with Crippen molar-refractivity contribution in [2.75, 3.05) is 14.2 Å². The molecule has 0 radical (unpaired) electrons. The quantitative estimate of drug-likeness (QED) is 0.365. The second-order valence-electron chi connectivity index (χ2n) is 7.67. The first-order valence-electron chi connectivity index (χ1n) is 10.7. The molecule has 35 heavy (non-hydrogen) atoms. The number of hydrogen-bond donors (Lipinski definition) is 1. The molecule has 0 amide bonds. The van der Waals surface area contributed by atoms with Crippen LogP contribution in [0.4, 0.5) is 0 Å². The Bertz CT molecular complexity index is 1550. The number of carbonyl (C=O) groups excluding carboxylic acids is 1. The molecule has 0 saturated carbocycles. The lowest BCUT2D eigenvalue weighted by atomic mass is 10.1.